The Kier molecular flexibility index (Phi) is 4.43. The van der Waals surface area contributed by atoms with Gasteiger partial charge in [-0.3, -0.25) is 0 Å². The second kappa shape index (κ2) is 5.85. The van der Waals surface area contributed by atoms with Crippen LogP contribution in [0.2, 0.25) is 0 Å². The van der Waals surface area contributed by atoms with Gasteiger partial charge in [0.05, 0.1) is 17.9 Å². The third-order valence-electron chi connectivity index (χ3n) is 4.17. The van der Waals surface area contributed by atoms with Crippen molar-refractivity contribution in [2.24, 2.45) is 17.0 Å². The molecule has 0 spiro atoms. The molecule has 2 aliphatic rings. The van der Waals surface area contributed by atoms with Gasteiger partial charge in [0.25, 0.3) is 0 Å². The first kappa shape index (κ1) is 12.9. The number of hydrogen-bond acceptors (Lipinski definition) is 3. The second-order valence-electron chi connectivity index (χ2n) is 6.04. The van der Waals surface area contributed by atoms with E-state index >= 15 is 0 Å². The van der Waals surface area contributed by atoms with Crippen LogP contribution in [0.1, 0.15) is 58.8 Å². The van der Waals surface area contributed by atoms with Gasteiger partial charge in [-0.1, -0.05) is 19.0 Å². The molecular weight excluding hydrogens is 214 g/mol. The Morgan fingerprint density at radius 3 is 2.12 bits per heavy atom. The molecule has 0 aromatic heterocycles. The molecule has 98 valence electrons. The average molecular weight is 239 g/mol. The van der Waals surface area contributed by atoms with Gasteiger partial charge in [0.15, 0.2) is 0 Å². The van der Waals surface area contributed by atoms with Gasteiger partial charge < -0.3 is 9.94 Å². The fraction of sp³-hybridized carbons (Fsp3) is 0.929. The smallest absolute Gasteiger partial charge is 0.0586 e. The minimum atomic E-state index is 0.392. The molecule has 2 saturated carbocycles. The van der Waals surface area contributed by atoms with Gasteiger partial charge in [-0.15, -0.1) is 0 Å². The zero-order valence-corrected chi connectivity index (χ0v) is 11.1. The van der Waals surface area contributed by atoms with Crippen LogP contribution in [0.5, 0.6) is 0 Å². The first-order valence-electron chi connectivity index (χ1n) is 7.02. The Morgan fingerprint density at radius 2 is 1.59 bits per heavy atom. The minimum Gasteiger partial charge on any atom is -0.411 e. The maximum Gasteiger partial charge on any atom is 0.0586 e. The molecule has 3 nitrogen and oxygen atoms in total. The standard InChI is InChI=1S/C14H25NO2/c1-10-7-11(2)9-14(8-10)17-13-5-3-12(15-16)4-6-13/h10-11,13-14,16H,3-9H2,1-2H3. The van der Waals surface area contributed by atoms with Gasteiger partial charge >= 0.3 is 0 Å². The van der Waals surface area contributed by atoms with Crippen molar-refractivity contribution in [1.29, 1.82) is 0 Å². The van der Waals surface area contributed by atoms with Crippen LogP contribution in [0.15, 0.2) is 5.16 Å². The topological polar surface area (TPSA) is 41.8 Å². The van der Waals surface area contributed by atoms with Crippen LogP contribution in [-0.4, -0.2) is 23.1 Å². The maximum absolute atomic E-state index is 8.72. The van der Waals surface area contributed by atoms with E-state index in [2.05, 4.69) is 19.0 Å². The fourth-order valence-electron chi connectivity index (χ4n) is 3.42. The predicted octanol–water partition coefficient (Wildman–Crippen LogP) is 3.60. The van der Waals surface area contributed by atoms with Crippen molar-refractivity contribution in [2.45, 2.75) is 71.0 Å². The van der Waals surface area contributed by atoms with Crippen molar-refractivity contribution < 1.29 is 9.94 Å². The number of oxime groups is 1. The molecule has 2 rings (SSSR count). The van der Waals surface area contributed by atoms with Crippen LogP contribution in [-0.2, 0) is 4.74 Å². The number of nitrogens with zero attached hydrogens (tertiary/aromatic N) is 1. The van der Waals surface area contributed by atoms with Gasteiger partial charge in [-0.2, -0.15) is 0 Å². The van der Waals surface area contributed by atoms with E-state index in [1.165, 1.54) is 19.3 Å². The average Bonchev–Trinajstić information content (AvgIpc) is 2.28. The monoisotopic (exact) mass is 239 g/mol. The Hall–Kier alpha value is -0.570. The van der Waals surface area contributed by atoms with E-state index in [0.29, 0.717) is 12.2 Å². The summed E-state index contributed by atoms with van der Waals surface area (Å²) in [5.74, 6) is 1.61. The molecule has 0 heterocycles. The minimum absolute atomic E-state index is 0.392. The highest BCUT2D eigenvalue weighted by molar-refractivity contribution is 5.84. The summed E-state index contributed by atoms with van der Waals surface area (Å²) >= 11 is 0. The summed E-state index contributed by atoms with van der Waals surface area (Å²) in [6.07, 6.45) is 8.51. The van der Waals surface area contributed by atoms with Crippen molar-refractivity contribution in [3.8, 4) is 0 Å². The third kappa shape index (κ3) is 3.70. The van der Waals surface area contributed by atoms with Gasteiger partial charge in [0, 0.05) is 0 Å². The highest BCUT2D eigenvalue weighted by Crippen LogP contribution is 2.32. The van der Waals surface area contributed by atoms with E-state index in [0.717, 1.165) is 43.2 Å². The summed E-state index contributed by atoms with van der Waals surface area (Å²) in [6.45, 7) is 4.67. The fourth-order valence-corrected chi connectivity index (χ4v) is 3.42. The van der Waals surface area contributed by atoms with E-state index in [4.69, 9.17) is 9.94 Å². The Labute approximate surface area is 104 Å². The summed E-state index contributed by atoms with van der Waals surface area (Å²) in [4.78, 5) is 0. The molecule has 2 unspecified atom stereocenters. The SMILES string of the molecule is CC1CC(C)CC(OC2CCC(=NO)CC2)C1. The van der Waals surface area contributed by atoms with Crippen molar-refractivity contribution >= 4 is 5.71 Å². The van der Waals surface area contributed by atoms with Crippen LogP contribution in [0, 0.1) is 11.8 Å². The van der Waals surface area contributed by atoms with Crippen LogP contribution in [0.3, 0.4) is 0 Å². The summed E-state index contributed by atoms with van der Waals surface area (Å²) in [7, 11) is 0. The molecule has 0 aromatic carbocycles. The van der Waals surface area contributed by atoms with Crippen LogP contribution < -0.4 is 0 Å². The number of rotatable bonds is 2. The first-order valence-corrected chi connectivity index (χ1v) is 7.02. The largest absolute Gasteiger partial charge is 0.411 e. The summed E-state index contributed by atoms with van der Waals surface area (Å²) in [6, 6.07) is 0. The Morgan fingerprint density at radius 1 is 1.00 bits per heavy atom. The quantitative estimate of drug-likeness (QED) is 0.591. The van der Waals surface area contributed by atoms with E-state index in [9.17, 15) is 0 Å². The third-order valence-corrected chi connectivity index (χ3v) is 4.17. The maximum atomic E-state index is 8.72. The zero-order valence-electron chi connectivity index (χ0n) is 11.1. The van der Waals surface area contributed by atoms with Gasteiger partial charge in [-0.25, -0.2) is 0 Å². The Bertz CT molecular complexity index is 257. The molecule has 0 aliphatic heterocycles. The molecule has 2 fully saturated rings. The van der Waals surface area contributed by atoms with Gasteiger partial charge in [-0.05, 0) is 56.8 Å². The summed E-state index contributed by atoms with van der Waals surface area (Å²) < 4.78 is 6.23. The van der Waals surface area contributed by atoms with Gasteiger partial charge in [0.1, 0.15) is 0 Å². The molecule has 17 heavy (non-hydrogen) atoms. The lowest BCUT2D eigenvalue weighted by Crippen LogP contribution is -2.32. The van der Waals surface area contributed by atoms with Crippen LogP contribution in [0.4, 0.5) is 0 Å². The number of ether oxygens (including phenoxy) is 1. The normalized spacial score (nSPS) is 39.1. The van der Waals surface area contributed by atoms with E-state index < -0.39 is 0 Å². The molecule has 0 aromatic rings. The lowest BCUT2D eigenvalue weighted by atomic mass is 9.81. The van der Waals surface area contributed by atoms with E-state index in [1.807, 2.05) is 0 Å². The van der Waals surface area contributed by atoms with Crippen LogP contribution in [0.25, 0.3) is 0 Å². The van der Waals surface area contributed by atoms with Crippen molar-refractivity contribution in [2.75, 3.05) is 0 Å². The van der Waals surface area contributed by atoms with Crippen LogP contribution >= 0.6 is 0 Å². The molecule has 0 saturated heterocycles. The Balaban J connectivity index is 1.77. The molecule has 2 atom stereocenters. The highest BCUT2D eigenvalue weighted by Gasteiger charge is 2.28. The first-order chi connectivity index (χ1) is 8.17. The van der Waals surface area contributed by atoms with Crippen molar-refractivity contribution in [1.82, 2.24) is 0 Å². The molecule has 0 radical (unpaired) electrons. The molecule has 0 bridgehead atoms. The van der Waals surface area contributed by atoms with E-state index in [-0.39, 0.29) is 0 Å². The molecule has 3 heteroatoms. The van der Waals surface area contributed by atoms with Crippen molar-refractivity contribution in [3.05, 3.63) is 0 Å². The molecule has 0 amide bonds. The zero-order chi connectivity index (χ0) is 12.3. The lowest BCUT2D eigenvalue weighted by Gasteiger charge is -2.35. The van der Waals surface area contributed by atoms with E-state index in [1.54, 1.807) is 0 Å². The highest BCUT2D eigenvalue weighted by atomic mass is 16.5. The van der Waals surface area contributed by atoms with Crippen molar-refractivity contribution in [3.63, 3.8) is 0 Å². The summed E-state index contributed by atoms with van der Waals surface area (Å²) in [5.41, 5.74) is 0.940. The summed E-state index contributed by atoms with van der Waals surface area (Å²) in [5, 5.41) is 12.0. The molecular formula is C14H25NO2. The van der Waals surface area contributed by atoms with Gasteiger partial charge in [0.2, 0.25) is 0 Å². The second-order valence-corrected chi connectivity index (χ2v) is 6.04. The lowest BCUT2D eigenvalue weighted by molar-refractivity contribution is -0.0558. The predicted molar refractivity (Wildman–Crippen MR) is 68.5 cm³/mol. The number of hydrogen-bond donors (Lipinski definition) is 1. The molecule has 2 aliphatic carbocycles. The molecule has 1 N–H and O–H groups in total.